The number of imidazole rings is 1. The molecule has 0 saturated heterocycles. The van der Waals surface area contributed by atoms with Gasteiger partial charge in [-0.1, -0.05) is 13.3 Å². The van der Waals surface area contributed by atoms with Crippen LogP contribution < -0.4 is 10.1 Å². The Morgan fingerprint density at radius 2 is 2.11 bits per heavy atom. The third-order valence-electron chi connectivity index (χ3n) is 4.20. The van der Waals surface area contributed by atoms with Gasteiger partial charge in [-0.3, -0.25) is 19.3 Å². The smallest absolute Gasteiger partial charge is 0.274 e. The molecular formula is C19H20N4O4. The third kappa shape index (κ3) is 3.59. The molecule has 0 unspecified atom stereocenters. The highest BCUT2D eigenvalue weighted by Gasteiger charge is 2.21. The van der Waals surface area contributed by atoms with E-state index < -0.39 is 10.8 Å². The molecule has 27 heavy (non-hydrogen) atoms. The van der Waals surface area contributed by atoms with Gasteiger partial charge in [-0.25, -0.2) is 4.98 Å². The molecular weight excluding hydrogens is 348 g/mol. The van der Waals surface area contributed by atoms with Gasteiger partial charge in [-0.05, 0) is 37.1 Å². The summed E-state index contributed by atoms with van der Waals surface area (Å²) >= 11 is 0. The van der Waals surface area contributed by atoms with E-state index in [-0.39, 0.29) is 11.4 Å². The molecule has 0 bridgehead atoms. The van der Waals surface area contributed by atoms with Crippen LogP contribution in [0.2, 0.25) is 0 Å². The zero-order valence-electron chi connectivity index (χ0n) is 15.4. The fraction of sp³-hybridized carbons (Fsp3) is 0.263. The first kappa shape index (κ1) is 18.4. The number of amides is 1. The predicted octanol–water partition coefficient (Wildman–Crippen LogP) is 3.76. The van der Waals surface area contributed by atoms with Gasteiger partial charge >= 0.3 is 0 Å². The molecule has 3 aromatic rings. The number of methoxy groups -OCH3 is 1. The summed E-state index contributed by atoms with van der Waals surface area (Å²) in [5.41, 5.74) is 2.94. The summed E-state index contributed by atoms with van der Waals surface area (Å²) in [6.07, 6.45) is 3.29. The number of pyridine rings is 1. The molecule has 140 valence electrons. The first-order valence-electron chi connectivity index (χ1n) is 8.56. The molecule has 0 fully saturated rings. The highest BCUT2D eigenvalue weighted by atomic mass is 16.6. The summed E-state index contributed by atoms with van der Waals surface area (Å²) in [6, 6.07) is 7.87. The first-order valence-corrected chi connectivity index (χ1v) is 8.56. The molecule has 3 rings (SSSR count). The number of ether oxygens (including phenoxy) is 1. The molecule has 1 aromatic carbocycles. The van der Waals surface area contributed by atoms with Gasteiger partial charge in [-0.15, -0.1) is 0 Å². The number of hydrogen-bond donors (Lipinski definition) is 1. The van der Waals surface area contributed by atoms with E-state index in [0.29, 0.717) is 29.2 Å². The van der Waals surface area contributed by atoms with E-state index in [9.17, 15) is 14.9 Å². The molecule has 1 amide bonds. The van der Waals surface area contributed by atoms with Crippen molar-refractivity contribution in [3.63, 3.8) is 0 Å². The fourth-order valence-corrected chi connectivity index (χ4v) is 2.94. The Morgan fingerprint density at radius 3 is 2.78 bits per heavy atom. The Balaban J connectivity index is 2.05. The van der Waals surface area contributed by atoms with Crippen LogP contribution in [-0.4, -0.2) is 27.3 Å². The van der Waals surface area contributed by atoms with E-state index in [4.69, 9.17) is 4.74 Å². The predicted molar refractivity (Wildman–Crippen MR) is 102 cm³/mol. The Bertz CT molecular complexity index is 1030. The van der Waals surface area contributed by atoms with E-state index in [1.165, 1.54) is 25.3 Å². The third-order valence-corrected chi connectivity index (χ3v) is 4.20. The van der Waals surface area contributed by atoms with Crippen molar-refractivity contribution in [2.75, 3.05) is 12.4 Å². The molecule has 8 nitrogen and oxygen atoms in total. The largest absolute Gasteiger partial charge is 0.495 e. The minimum absolute atomic E-state index is 0.131. The number of nitrogens with one attached hydrogen (secondary N) is 1. The van der Waals surface area contributed by atoms with Gasteiger partial charge in [0.1, 0.15) is 17.1 Å². The van der Waals surface area contributed by atoms with E-state index in [1.54, 1.807) is 10.6 Å². The van der Waals surface area contributed by atoms with Crippen molar-refractivity contribution in [2.45, 2.75) is 26.7 Å². The summed E-state index contributed by atoms with van der Waals surface area (Å²) < 4.78 is 6.95. The molecule has 0 aliphatic heterocycles. The van der Waals surface area contributed by atoms with Gasteiger partial charge in [0.2, 0.25) is 0 Å². The van der Waals surface area contributed by atoms with Crippen LogP contribution in [0, 0.1) is 17.0 Å². The maximum atomic E-state index is 13.0. The van der Waals surface area contributed by atoms with Crippen LogP contribution in [0.15, 0.2) is 36.5 Å². The Morgan fingerprint density at radius 1 is 1.33 bits per heavy atom. The molecule has 2 heterocycles. The van der Waals surface area contributed by atoms with Crippen LogP contribution in [-0.2, 0) is 6.42 Å². The van der Waals surface area contributed by atoms with Gasteiger partial charge in [0.25, 0.3) is 11.6 Å². The topological polar surface area (TPSA) is 98.8 Å². The number of nitro benzene ring substituents is 1. The number of aromatic nitrogens is 2. The highest BCUT2D eigenvalue weighted by molar-refractivity contribution is 6.05. The van der Waals surface area contributed by atoms with Crippen LogP contribution in [0.1, 0.15) is 35.1 Å². The Labute approximate surface area is 155 Å². The molecule has 0 aliphatic rings. The molecule has 0 saturated carbocycles. The fourth-order valence-electron chi connectivity index (χ4n) is 2.94. The summed E-state index contributed by atoms with van der Waals surface area (Å²) in [5.74, 6) is -0.0516. The molecule has 2 aromatic heterocycles. The van der Waals surface area contributed by atoms with Gasteiger partial charge < -0.3 is 10.1 Å². The number of carbonyl (C=O) groups is 1. The van der Waals surface area contributed by atoms with Crippen molar-refractivity contribution in [2.24, 2.45) is 0 Å². The number of benzene rings is 1. The average Bonchev–Trinajstić information content (AvgIpc) is 2.98. The number of aryl methyl sites for hydroxylation is 2. The van der Waals surface area contributed by atoms with Gasteiger partial charge in [0, 0.05) is 18.3 Å². The van der Waals surface area contributed by atoms with Crippen LogP contribution in [0.3, 0.4) is 0 Å². The lowest BCUT2D eigenvalue weighted by Crippen LogP contribution is -2.17. The maximum Gasteiger partial charge on any atom is 0.274 e. The summed E-state index contributed by atoms with van der Waals surface area (Å²) in [4.78, 5) is 28.1. The minimum Gasteiger partial charge on any atom is -0.495 e. The zero-order valence-corrected chi connectivity index (χ0v) is 15.4. The van der Waals surface area contributed by atoms with Gasteiger partial charge in [0.05, 0.1) is 23.4 Å². The van der Waals surface area contributed by atoms with Crippen molar-refractivity contribution >= 4 is 22.9 Å². The second-order valence-corrected chi connectivity index (χ2v) is 6.19. The van der Waals surface area contributed by atoms with E-state index >= 15 is 0 Å². The quantitative estimate of drug-likeness (QED) is 0.527. The number of nitrogens with zero attached hydrogens (tertiary/aromatic N) is 3. The summed E-state index contributed by atoms with van der Waals surface area (Å²) in [5, 5.41) is 13.8. The standard InChI is InChI=1S/C19H20N4O4/c1-4-5-14-18(22-9-8-12(2)10-17(22)20-14)19(24)21-15-11-13(23(25)26)6-7-16(15)27-3/h6-11H,4-5H2,1-3H3,(H,21,24). The second-order valence-electron chi connectivity index (χ2n) is 6.19. The lowest BCUT2D eigenvalue weighted by Gasteiger charge is -2.11. The van der Waals surface area contributed by atoms with Crippen LogP contribution in [0.5, 0.6) is 5.75 Å². The van der Waals surface area contributed by atoms with Crippen molar-refractivity contribution < 1.29 is 14.5 Å². The summed E-state index contributed by atoms with van der Waals surface area (Å²) in [7, 11) is 1.44. The summed E-state index contributed by atoms with van der Waals surface area (Å²) in [6.45, 7) is 3.97. The highest BCUT2D eigenvalue weighted by Crippen LogP contribution is 2.29. The molecule has 0 spiro atoms. The SMILES string of the molecule is CCCc1nc2cc(C)ccn2c1C(=O)Nc1cc([N+](=O)[O-])ccc1OC. The van der Waals surface area contributed by atoms with Crippen molar-refractivity contribution in [1.82, 2.24) is 9.38 Å². The number of non-ortho nitro benzene ring substituents is 1. The van der Waals surface area contributed by atoms with Gasteiger partial charge in [0.15, 0.2) is 0 Å². The molecule has 0 atom stereocenters. The lowest BCUT2D eigenvalue weighted by molar-refractivity contribution is -0.384. The van der Waals surface area contributed by atoms with E-state index in [2.05, 4.69) is 10.3 Å². The van der Waals surface area contributed by atoms with Crippen molar-refractivity contribution in [3.05, 3.63) is 63.6 Å². The van der Waals surface area contributed by atoms with E-state index in [0.717, 1.165) is 12.0 Å². The normalized spacial score (nSPS) is 10.8. The number of hydrogen-bond acceptors (Lipinski definition) is 5. The molecule has 1 N–H and O–H groups in total. The minimum atomic E-state index is -0.519. The maximum absolute atomic E-state index is 13.0. The molecule has 0 radical (unpaired) electrons. The van der Waals surface area contributed by atoms with E-state index in [1.807, 2.05) is 26.0 Å². The average molecular weight is 368 g/mol. The number of carbonyl (C=O) groups excluding carboxylic acids is 1. The van der Waals surface area contributed by atoms with Crippen molar-refractivity contribution in [3.8, 4) is 5.75 Å². The Hall–Kier alpha value is -3.42. The molecule has 8 heteroatoms. The zero-order chi connectivity index (χ0) is 19.6. The van der Waals surface area contributed by atoms with Crippen LogP contribution in [0.25, 0.3) is 5.65 Å². The molecule has 0 aliphatic carbocycles. The van der Waals surface area contributed by atoms with Crippen LogP contribution >= 0.6 is 0 Å². The number of nitro groups is 1. The number of anilines is 1. The first-order chi connectivity index (χ1) is 12.9. The van der Waals surface area contributed by atoms with Crippen LogP contribution in [0.4, 0.5) is 11.4 Å². The number of rotatable bonds is 6. The second kappa shape index (κ2) is 7.45. The van der Waals surface area contributed by atoms with Gasteiger partial charge in [-0.2, -0.15) is 0 Å². The monoisotopic (exact) mass is 368 g/mol. The lowest BCUT2D eigenvalue weighted by atomic mass is 10.2. The number of fused-ring (bicyclic) bond motifs is 1. The Kier molecular flexibility index (Phi) is 5.07. The van der Waals surface area contributed by atoms with Crippen molar-refractivity contribution in [1.29, 1.82) is 0 Å².